The van der Waals surface area contributed by atoms with E-state index in [2.05, 4.69) is 44.2 Å². The molecule has 6 nitrogen and oxygen atoms in total. The van der Waals surface area contributed by atoms with Gasteiger partial charge in [0.25, 0.3) is 0 Å². The average Bonchev–Trinajstić information content (AvgIpc) is 3.36. The maximum atomic E-state index is 14.2. The molecule has 6 heteroatoms. The van der Waals surface area contributed by atoms with Crippen LogP contribution in [0.1, 0.15) is 97.8 Å². The summed E-state index contributed by atoms with van der Waals surface area (Å²) in [4.78, 5) is 29.5. The van der Waals surface area contributed by atoms with Crippen molar-refractivity contribution >= 4 is 22.6 Å². The molecule has 4 aromatic rings. The van der Waals surface area contributed by atoms with Crippen LogP contribution in [0, 0.1) is 5.41 Å². The molecule has 2 bridgehead atoms. The number of rotatable bonds is 7. The van der Waals surface area contributed by atoms with Crippen molar-refractivity contribution < 1.29 is 24.5 Å². The van der Waals surface area contributed by atoms with Crippen molar-refractivity contribution in [3.63, 3.8) is 0 Å². The number of hydrogen-bond donors (Lipinski definition) is 2. The van der Waals surface area contributed by atoms with Crippen molar-refractivity contribution in [2.75, 3.05) is 13.2 Å². The molecular formula is C43H49NO5. The van der Waals surface area contributed by atoms with E-state index in [4.69, 9.17) is 4.74 Å². The van der Waals surface area contributed by atoms with Crippen LogP contribution in [0.25, 0.3) is 10.8 Å². The Bertz CT molecular complexity index is 1830. The molecule has 7 rings (SSSR count). The van der Waals surface area contributed by atoms with Crippen LogP contribution in [-0.2, 0) is 17.7 Å². The van der Waals surface area contributed by atoms with E-state index in [1.807, 2.05) is 66.7 Å². The fourth-order valence-electron chi connectivity index (χ4n) is 8.29. The number of allylic oxidation sites excluding steroid dienone is 2. The SMILES string of the molecule is CCOC(=O)N(Cc1cccc2ccccc12)CC1(O)CCC2c3ccc(cc3C(=O)c3ccccc3)CC(O)CCC(C)=CCCC21C. The third-order valence-corrected chi connectivity index (χ3v) is 11.2. The van der Waals surface area contributed by atoms with Gasteiger partial charge in [-0.15, -0.1) is 0 Å². The van der Waals surface area contributed by atoms with Crippen LogP contribution in [0.2, 0.25) is 0 Å². The van der Waals surface area contributed by atoms with E-state index in [1.165, 1.54) is 5.57 Å². The molecule has 0 radical (unpaired) electrons. The second-order valence-electron chi connectivity index (χ2n) is 14.3. The van der Waals surface area contributed by atoms with Gasteiger partial charge >= 0.3 is 6.09 Å². The van der Waals surface area contributed by atoms with Crippen molar-refractivity contribution in [1.82, 2.24) is 4.90 Å². The summed E-state index contributed by atoms with van der Waals surface area (Å²) < 4.78 is 5.59. The number of hydrogen-bond acceptors (Lipinski definition) is 5. The second-order valence-corrected chi connectivity index (χ2v) is 14.3. The van der Waals surface area contributed by atoms with Crippen LogP contribution in [-0.4, -0.2) is 51.8 Å². The number of carbonyl (C=O) groups is 2. The third-order valence-electron chi connectivity index (χ3n) is 11.2. The Hall–Kier alpha value is -4.26. The van der Waals surface area contributed by atoms with Gasteiger partial charge in [-0.05, 0) is 98.2 Å². The maximum Gasteiger partial charge on any atom is 0.410 e. The van der Waals surface area contributed by atoms with Crippen LogP contribution < -0.4 is 0 Å². The molecule has 1 fully saturated rings. The predicted octanol–water partition coefficient (Wildman–Crippen LogP) is 8.77. The topological polar surface area (TPSA) is 87.1 Å². The van der Waals surface area contributed by atoms with Crippen molar-refractivity contribution in [2.45, 2.75) is 89.9 Å². The smallest absolute Gasteiger partial charge is 0.410 e. The van der Waals surface area contributed by atoms with Crippen LogP contribution in [0.5, 0.6) is 0 Å². The third kappa shape index (κ3) is 7.22. The van der Waals surface area contributed by atoms with Gasteiger partial charge in [0.05, 0.1) is 24.9 Å². The van der Waals surface area contributed by atoms with Crippen LogP contribution in [0.15, 0.2) is 103 Å². The van der Waals surface area contributed by atoms with Crippen molar-refractivity contribution in [2.24, 2.45) is 5.41 Å². The van der Waals surface area contributed by atoms with Gasteiger partial charge in [-0.1, -0.05) is 104 Å². The first kappa shape index (κ1) is 34.6. The molecule has 3 aliphatic rings. The first-order valence-corrected chi connectivity index (χ1v) is 17.8. The summed E-state index contributed by atoms with van der Waals surface area (Å²) in [6.07, 6.45) is 5.71. The molecule has 0 heterocycles. The van der Waals surface area contributed by atoms with Gasteiger partial charge in [-0.3, -0.25) is 4.79 Å². The number of aliphatic hydroxyl groups excluding tert-OH is 1. The van der Waals surface area contributed by atoms with Gasteiger partial charge in [0.2, 0.25) is 0 Å². The minimum absolute atomic E-state index is 0.0586. The molecule has 0 aliphatic heterocycles. The summed E-state index contributed by atoms with van der Waals surface area (Å²) in [5.74, 6) is -0.200. The zero-order chi connectivity index (χ0) is 34.6. The highest BCUT2D eigenvalue weighted by Gasteiger charge is 2.57. The summed E-state index contributed by atoms with van der Waals surface area (Å²) in [6.45, 7) is 6.70. The number of nitrogens with zero attached hydrogens (tertiary/aromatic N) is 1. The lowest BCUT2D eigenvalue weighted by molar-refractivity contribution is -0.0820. The Morgan fingerprint density at radius 1 is 0.939 bits per heavy atom. The lowest BCUT2D eigenvalue weighted by atomic mass is 9.64. The molecule has 0 spiro atoms. The molecule has 4 unspecified atom stereocenters. The Kier molecular flexibility index (Phi) is 10.4. The van der Waals surface area contributed by atoms with Gasteiger partial charge in [-0.2, -0.15) is 0 Å². The van der Waals surface area contributed by atoms with Crippen LogP contribution in [0.3, 0.4) is 0 Å². The predicted molar refractivity (Wildman–Crippen MR) is 195 cm³/mol. The summed E-state index contributed by atoms with van der Waals surface area (Å²) in [5, 5.41) is 26.0. The first-order chi connectivity index (χ1) is 23.6. The largest absolute Gasteiger partial charge is 0.450 e. The molecule has 49 heavy (non-hydrogen) atoms. The van der Waals surface area contributed by atoms with Gasteiger partial charge in [0.15, 0.2) is 5.78 Å². The van der Waals surface area contributed by atoms with E-state index in [0.717, 1.165) is 40.3 Å². The molecule has 256 valence electrons. The van der Waals surface area contributed by atoms with Crippen molar-refractivity contribution in [1.29, 1.82) is 0 Å². The van der Waals surface area contributed by atoms with Crippen LogP contribution >= 0.6 is 0 Å². The molecule has 0 aromatic heterocycles. The normalized spacial score (nSPS) is 24.1. The Balaban J connectivity index is 1.43. The second kappa shape index (κ2) is 14.7. The minimum Gasteiger partial charge on any atom is -0.450 e. The van der Waals surface area contributed by atoms with Gasteiger partial charge in [0, 0.05) is 23.1 Å². The first-order valence-electron chi connectivity index (χ1n) is 17.8. The molecule has 4 atom stereocenters. The maximum absolute atomic E-state index is 14.2. The number of carbonyl (C=O) groups excluding carboxylic acids is 2. The Labute approximate surface area is 290 Å². The number of aliphatic hydroxyl groups is 2. The molecular weight excluding hydrogens is 610 g/mol. The van der Waals surface area contributed by atoms with Crippen molar-refractivity contribution in [3.8, 4) is 0 Å². The molecule has 3 aliphatic carbocycles. The molecule has 4 aromatic carbocycles. The summed E-state index contributed by atoms with van der Waals surface area (Å²) in [7, 11) is 0. The summed E-state index contributed by atoms with van der Waals surface area (Å²) in [6, 6.07) is 29.6. The van der Waals surface area contributed by atoms with Gasteiger partial charge in [-0.25, -0.2) is 4.79 Å². The highest BCUT2D eigenvalue weighted by molar-refractivity contribution is 6.10. The quantitative estimate of drug-likeness (QED) is 0.153. The van der Waals surface area contributed by atoms with Crippen LogP contribution in [0.4, 0.5) is 4.79 Å². The van der Waals surface area contributed by atoms with E-state index < -0.39 is 23.2 Å². The van der Waals surface area contributed by atoms with E-state index in [0.29, 0.717) is 49.8 Å². The zero-order valence-corrected chi connectivity index (χ0v) is 29.0. The average molecular weight is 660 g/mol. The number of ether oxygens (including phenoxy) is 1. The van der Waals surface area contributed by atoms with E-state index >= 15 is 0 Å². The monoisotopic (exact) mass is 659 g/mol. The number of ketones is 1. The fraction of sp³-hybridized carbons (Fsp3) is 0.395. The van der Waals surface area contributed by atoms with Gasteiger partial charge in [0.1, 0.15) is 0 Å². The highest BCUT2D eigenvalue weighted by atomic mass is 16.6. The number of fused-ring (bicyclic) bond motifs is 9. The Morgan fingerprint density at radius 3 is 2.49 bits per heavy atom. The molecule has 2 N–H and O–H groups in total. The fourth-order valence-corrected chi connectivity index (χ4v) is 8.29. The standard InChI is InChI=1S/C43H49NO5/c1-4-49-41(47)44(28-34-17-10-16-32-13-8-9-18-36(32)34)29-43(48)25-23-39-37-22-20-31(27-38(37)40(46)33-14-6-5-7-15-33)26-35(45)21-19-30(2)12-11-24-42(39,43)3/h5-10,12-18,20,22,27,35,39,45,48H,4,11,19,21,23-26,28-29H2,1-3H3. The molecule has 1 saturated carbocycles. The van der Waals surface area contributed by atoms with E-state index in [9.17, 15) is 19.8 Å². The van der Waals surface area contributed by atoms with Gasteiger partial charge < -0.3 is 19.8 Å². The lowest BCUT2D eigenvalue weighted by Crippen LogP contribution is -2.53. The highest BCUT2D eigenvalue weighted by Crippen LogP contribution is 2.59. The zero-order valence-electron chi connectivity index (χ0n) is 29.0. The van der Waals surface area contributed by atoms with E-state index in [-0.39, 0.29) is 24.9 Å². The minimum atomic E-state index is -1.25. The summed E-state index contributed by atoms with van der Waals surface area (Å²) >= 11 is 0. The summed E-state index contributed by atoms with van der Waals surface area (Å²) in [5.41, 5.74) is 3.36. The van der Waals surface area contributed by atoms with E-state index in [1.54, 1.807) is 11.8 Å². The lowest BCUT2D eigenvalue weighted by Gasteiger charge is -2.46. The number of benzene rings is 4. The van der Waals surface area contributed by atoms with Crippen molar-refractivity contribution in [3.05, 3.63) is 130 Å². The molecule has 0 saturated heterocycles. The number of amides is 1. The Morgan fingerprint density at radius 2 is 1.69 bits per heavy atom. The molecule has 1 amide bonds.